The Bertz CT molecular complexity index is 994. The molecule has 1 aromatic carbocycles. The first-order valence-corrected chi connectivity index (χ1v) is 11.0. The minimum absolute atomic E-state index is 0.000730. The zero-order valence-corrected chi connectivity index (χ0v) is 17.0. The fraction of sp³-hybridized carbons (Fsp3) is 0.500. The summed E-state index contributed by atoms with van der Waals surface area (Å²) in [6, 6.07) is 10.2. The summed E-state index contributed by atoms with van der Waals surface area (Å²) < 4.78 is 11.7. The molecule has 6 rings (SSSR count). The van der Waals surface area contributed by atoms with Crippen molar-refractivity contribution in [1.29, 1.82) is 0 Å². The van der Waals surface area contributed by atoms with Crippen LogP contribution in [0.4, 0.5) is 0 Å². The van der Waals surface area contributed by atoms with E-state index >= 15 is 0 Å². The van der Waals surface area contributed by atoms with Crippen LogP contribution in [0.2, 0.25) is 0 Å². The van der Waals surface area contributed by atoms with Gasteiger partial charge in [0.15, 0.2) is 5.76 Å². The summed E-state index contributed by atoms with van der Waals surface area (Å²) >= 11 is 0. The largest absolute Gasteiger partial charge is 0.459 e. The summed E-state index contributed by atoms with van der Waals surface area (Å²) in [7, 11) is 0. The number of carbonyl (C=O) groups is 2. The highest BCUT2D eigenvalue weighted by Gasteiger charge is 2.58. The lowest BCUT2D eigenvalue weighted by Crippen LogP contribution is -2.54. The van der Waals surface area contributed by atoms with Gasteiger partial charge in [-0.15, -0.1) is 0 Å². The molecule has 2 atom stereocenters. The topological polar surface area (TPSA) is 63.0 Å². The van der Waals surface area contributed by atoms with Crippen LogP contribution in [-0.2, 0) is 29.0 Å². The summed E-state index contributed by atoms with van der Waals surface area (Å²) in [6.07, 6.45) is 7.21. The van der Waals surface area contributed by atoms with Crippen molar-refractivity contribution in [2.75, 3.05) is 13.1 Å². The molecule has 0 radical (unpaired) electrons. The van der Waals surface area contributed by atoms with E-state index in [9.17, 15) is 9.59 Å². The number of piperazine rings is 1. The van der Waals surface area contributed by atoms with Gasteiger partial charge in [0.05, 0.1) is 25.0 Å². The molecule has 2 aromatic rings. The highest BCUT2D eigenvalue weighted by atomic mass is 16.5. The van der Waals surface area contributed by atoms with E-state index in [1.165, 1.54) is 5.56 Å². The summed E-state index contributed by atoms with van der Waals surface area (Å²) in [5, 5.41) is 0. The molecule has 2 aliphatic carbocycles. The molecule has 0 unspecified atom stereocenters. The molecule has 2 saturated heterocycles. The number of likely N-dealkylation sites (tertiary alicyclic amines) is 2. The van der Waals surface area contributed by atoms with Gasteiger partial charge in [0, 0.05) is 18.7 Å². The van der Waals surface area contributed by atoms with Crippen LogP contribution in [0, 0.1) is 0 Å². The van der Waals surface area contributed by atoms with Gasteiger partial charge in [-0.25, -0.2) is 0 Å². The molecule has 1 saturated carbocycles. The van der Waals surface area contributed by atoms with E-state index in [0.29, 0.717) is 25.5 Å². The van der Waals surface area contributed by atoms with E-state index in [-0.39, 0.29) is 23.9 Å². The minimum Gasteiger partial charge on any atom is -0.459 e. The van der Waals surface area contributed by atoms with Gasteiger partial charge in [-0.2, -0.15) is 0 Å². The highest BCUT2D eigenvalue weighted by Crippen LogP contribution is 2.45. The maximum absolute atomic E-state index is 13.3. The van der Waals surface area contributed by atoms with E-state index in [1.54, 1.807) is 6.26 Å². The van der Waals surface area contributed by atoms with E-state index in [4.69, 9.17) is 9.15 Å². The van der Waals surface area contributed by atoms with E-state index in [2.05, 4.69) is 0 Å². The van der Waals surface area contributed by atoms with Crippen molar-refractivity contribution in [2.24, 2.45) is 0 Å². The molecule has 2 amide bonds. The SMILES string of the molecule is O=C(c1occ2c1CCC2)N1C[C@@H]2C[C@H]1CN2C(=O)C1(OCc2ccccc2)CC1. The van der Waals surface area contributed by atoms with E-state index in [1.807, 2.05) is 40.1 Å². The van der Waals surface area contributed by atoms with Crippen LogP contribution in [0.5, 0.6) is 0 Å². The van der Waals surface area contributed by atoms with Gasteiger partial charge in [-0.3, -0.25) is 9.59 Å². The van der Waals surface area contributed by atoms with E-state index in [0.717, 1.165) is 49.7 Å². The third-order valence-electron chi connectivity index (χ3n) is 7.26. The number of rotatable bonds is 5. The summed E-state index contributed by atoms with van der Waals surface area (Å²) in [5.41, 5.74) is 2.71. The molecule has 156 valence electrons. The molecule has 6 nitrogen and oxygen atoms in total. The first-order valence-electron chi connectivity index (χ1n) is 11.0. The maximum Gasteiger partial charge on any atom is 0.290 e. The number of ether oxygens (including phenoxy) is 1. The predicted octanol–water partition coefficient (Wildman–Crippen LogP) is 2.94. The molecule has 0 spiro atoms. The average Bonchev–Trinajstić information content (AvgIpc) is 3.18. The van der Waals surface area contributed by atoms with Crippen molar-refractivity contribution < 1.29 is 18.7 Å². The second-order valence-corrected chi connectivity index (χ2v) is 9.15. The van der Waals surface area contributed by atoms with Crippen molar-refractivity contribution >= 4 is 11.8 Å². The molecule has 6 heteroatoms. The molecular formula is C24H26N2O4. The van der Waals surface area contributed by atoms with Gasteiger partial charge in [-0.1, -0.05) is 30.3 Å². The van der Waals surface area contributed by atoms with Crippen LogP contribution in [0.15, 0.2) is 41.0 Å². The van der Waals surface area contributed by atoms with Crippen molar-refractivity contribution in [3.05, 3.63) is 59.0 Å². The van der Waals surface area contributed by atoms with Gasteiger partial charge in [0.1, 0.15) is 5.60 Å². The second kappa shape index (κ2) is 6.71. The Morgan fingerprint density at radius 1 is 1.07 bits per heavy atom. The van der Waals surface area contributed by atoms with Crippen LogP contribution in [-0.4, -0.2) is 52.4 Å². The number of hydrogen-bond acceptors (Lipinski definition) is 4. The number of furan rings is 1. The molecule has 2 aliphatic heterocycles. The summed E-state index contributed by atoms with van der Waals surface area (Å²) in [4.78, 5) is 30.3. The van der Waals surface area contributed by atoms with Crippen molar-refractivity contribution in [1.82, 2.24) is 9.80 Å². The van der Waals surface area contributed by atoms with E-state index < -0.39 is 5.60 Å². The number of carbonyl (C=O) groups excluding carboxylic acids is 2. The maximum atomic E-state index is 13.3. The Morgan fingerprint density at radius 2 is 1.83 bits per heavy atom. The van der Waals surface area contributed by atoms with Crippen molar-refractivity contribution in [3.8, 4) is 0 Å². The Labute approximate surface area is 175 Å². The van der Waals surface area contributed by atoms with Gasteiger partial charge >= 0.3 is 0 Å². The summed E-state index contributed by atoms with van der Waals surface area (Å²) in [6.45, 7) is 1.66. The van der Waals surface area contributed by atoms with Crippen LogP contribution in [0.25, 0.3) is 0 Å². The highest BCUT2D eigenvalue weighted by molar-refractivity contribution is 5.95. The Morgan fingerprint density at radius 3 is 2.57 bits per heavy atom. The Kier molecular flexibility index (Phi) is 4.07. The minimum atomic E-state index is -0.656. The number of fused-ring (bicyclic) bond motifs is 3. The lowest BCUT2D eigenvalue weighted by atomic mass is 10.1. The van der Waals surface area contributed by atoms with Crippen LogP contribution < -0.4 is 0 Å². The monoisotopic (exact) mass is 406 g/mol. The molecule has 30 heavy (non-hydrogen) atoms. The van der Waals surface area contributed by atoms with Gasteiger partial charge in [0.25, 0.3) is 11.8 Å². The van der Waals surface area contributed by atoms with Crippen LogP contribution in [0.1, 0.15) is 52.9 Å². The normalized spacial score (nSPS) is 25.6. The standard InChI is InChI=1S/C24H26N2O4/c27-22(21-20-8-4-7-17(20)15-29-21)25-12-19-11-18(25)13-26(19)23(28)24(9-10-24)30-14-16-5-2-1-3-6-16/h1-3,5-6,15,18-19H,4,7-14H2/t18-,19-/m0/s1. The lowest BCUT2D eigenvalue weighted by molar-refractivity contribution is -0.150. The third kappa shape index (κ3) is 2.81. The van der Waals surface area contributed by atoms with Crippen LogP contribution in [0.3, 0.4) is 0 Å². The smallest absolute Gasteiger partial charge is 0.290 e. The first-order chi connectivity index (χ1) is 14.6. The van der Waals surface area contributed by atoms with Gasteiger partial charge < -0.3 is 19.0 Å². The first kappa shape index (κ1) is 18.2. The molecule has 2 bridgehead atoms. The molecule has 1 aromatic heterocycles. The molecular weight excluding hydrogens is 380 g/mol. The fourth-order valence-corrected chi connectivity index (χ4v) is 5.42. The third-order valence-corrected chi connectivity index (χ3v) is 7.26. The quantitative estimate of drug-likeness (QED) is 0.766. The number of benzene rings is 1. The predicted molar refractivity (Wildman–Crippen MR) is 109 cm³/mol. The Balaban J connectivity index is 1.11. The fourth-order valence-electron chi connectivity index (χ4n) is 5.42. The zero-order chi connectivity index (χ0) is 20.3. The zero-order valence-electron chi connectivity index (χ0n) is 17.0. The lowest BCUT2D eigenvalue weighted by Gasteiger charge is -2.35. The number of aryl methyl sites for hydroxylation is 1. The number of nitrogens with zero attached hydrogens (tertiary/aromatic N) is 2. The molecule has 3 fully saturated rings. The van der Waals surface area contributed by atoms with Gasteiger partial charge in [-0.05, 0) is 49.7 Å². The average molecular weight is 406 g/mol. The second-order valence-electron chi connectivity index (χ2n) is 9.15. The van der Waals surface area contributed by atoms with Crippen molar-refractivity contribution in [2.45, 2.75) is 62.8 Å². The summed E-state index contributed by atoms with van der Waals surface area (Å²) in [5.74, 6) is 0.633. The van der Waals surface area contributed by atoms with Crippen LogP contribution >= 0.6 is 0 Å². The molecule has 4 aliphatic rings. The van der Waals surface area contributed by atoms with Crippen molar-refractivity contribution in [3.63, 3.8) is 0 Å². The molecule has 0 N–H and O–H groups in total. The number of hydrogen-bond donors (Lipinski definition) is 0. The number of amides is 2. The van der Waals surface area contributed by atoms with Gasteiger partial charge in [0.2, 0.25) is 0 Å². The molecule has 3 heterocycles. The Hall–Kier alpha value is -2.60.